The predicted octanol–water partition coefficient (Wildman–Crippen LogP) is 1.27. The fraction of sp³-hybridized carbons (Fsp3) is 0.167. The van der Waals surface area contributed by atoms with Crippen LogP contribution in [-0.2, 0) is 0 Å². The SMILES string of the molecule is CC(C#N)NC(=O)c1cccc2nccnc12. The molecule has 1 N–H and O–H groups in total. The molecular weight excluding hydrogens is 216 g/mol. The van der Waals surface area contributed by atoms with Gasteiger partial charge in [-0.1, -0.05) is 6.07 Å². The van der Waals surface area contributed by atoms with E-state index in [1.807, 2.05) is 6.07 Å². The van der Waals surface area contributed by atoms with Gasteiger partial charge >= 0.3 is 0 Å². The van der Waals surface area contributed by atoms with Gasteiger partial charge in [0.25, 0.3) is 5.91 Å². The Labute approximate surface area is 98.1 Å². The first-order valence-corrected chi connectivity index (χ1v) is 5.12. The highest BCUT2D eigenvalue weighted by atomic mass is 16.1. The summed E-state index contributed by atoms with van der Waals surface area (Å²) in [5, 5.41) is 11.2. The van der Waals surface area contributed by atoms with Crippen LogP contribution in [0.4, 0.5) is 0 Å². The number of hydrogen-bond acceptors (Lipinski definition) is 4. The lowest BCUT2D eigenvalue weighted by Crippen LogP contribution is -2.31. The fourth-order valence-corrected chi connectivity index (χ4v) is 1.48. The van der Waals surface area contributed by atoms with E-state index in [9.17, 15) is 4.79 Å². The molecule has 0 spiro atoms. The molecule has 1 amide bonds. The van der Waals surface area contributed by atoms with Crippen molar-refractivity contribution in [2.24, 2.45) is 0 Å². The maximum Gasteiger partial charge on any atom is 0.254 e. The molecule has 5 nitrogen and oxygen atoms in total. The second-order valence-electron chi connectivity index (χ2n) is 3.55. The van der Waals surface area contributed by atoms with Crippen LogP contribution < -0.4 is 5.32 Å². The minimum atomic E-state index is -0.533. The van der Waals surface area contributed by atoms with Gasteiger partial charge in [-0.2, -0.15) is 5.26 Å². The van der Waals surface area contributed by atoms with Crippen LogP contribution in [0.25, 0.3) is 11.0 Å². The number of nitrogens with zero attached hydrogens (tertiary/aromatic N) is 3. The highest BCUT2D eigenvalue weighted by Crippen LogP contribution is 2.13. The summed E-state index contributed by atoms with van der Waals surface area (Å²) < 4.78 is 0. The number of nitrogens with one attached hydrogen (secondary N) is 1. The molecule has 1 unspecified atom stereocenters. The van der Waals surface area contributed by atoms with Crippen LogP contribution in [0.1, 0.15) is 17.3 Å². The number of fused-ring (bicyclic) bond motifs is 1. The molecule has 0 aliphatic heterocycles. The maximum absolute atomic E-state index is 11.9. The van der Waals surface area contributed by atoms with E-state index in [2.05, 4.69) is 15.3 Å². The summed E-state index contributed by atoms with van der Waals surface area (Å²) in [6, 6.07) is 6.60. The van der Waals surface area contributed by atoms with Gasteiger partial charge in [0.2, 0.25) is 0 Å². The third-order valence-corrected chi connectivity index (χ3v) is 2.28. The number of carbonyl (C=O) groups is 1. The van der Waals surface area contributed by atoms with Gasteiger partial charge in [0.05, 0.1) is 17.1 Å². The summed E-state index contributed by atoms with van der Waals surface area (Å²) in [6.07, 6.45) is 3.11. The Balaban J connectivity index is 2.42. The van der Waals surface area contributed by atoms with Gasteiger partial charge in [0, 0.05) is 12.4 Å². The zero-order valence-corrected chi connectivity index (χ0v) is 9.21. The number of amides is 1. The van der Waals surface area contributed by atoms with Gasteiger partial charge < -0.3 is 5.32 Å². The number of nitriles is 1. The lowest BCUT2D eigenvalue weighted by atomic mass is 10.1. The number of benzene rings is 1. The van der Waals surface area contributed by atoms with Crippen molar-refractivity contribution < 1.29 is 4.79 Å². The standard InChI is InChI=1S/C12H10N4O/c1-8(7-13)16-12(17)9-3-2-4-10-11(9)15-6-5-14-10/h2-6,8H,1H3,(H,16,17). The van der Waals surface area contributed by atoms with Gasteiger partial charge in [0.1, 0.15) is 11.6 Å². The van der Waals surface area contributed by atoms with E-state index in [-0.39, 0.29) is 5.91 Å². The third-order valence-electron chi connectivity index (χ3n) is 2.28. The van der Waals surface area contributed by atoms with Crippen molar-refractivity contribution in [3.8, 4) is 6.07 Å². The number of aromatic nitrogens is 2. The molecule has 0 fully saturated rings. The van der Waals surface area contributed by atoms with Gasteiger partial charge in [0.15, 0.2) is 0 Å². The Hall–Kier alpha value is -2.48. The molecule has 0 saturated heterocycles. The number of carbonyl (C=O) groups excluding carboxylic acids is 1. The van der Waals surface area contributed by atoms with E-state index in [1.165, 1.54) is 6.20 Å². The molecule has 17 heavy (non-hydrogen) atoms. The molecule has 0 radical (unpaired) electrons. The first-order valence-electron chi connectivity index (χ1n) is 5.12. The lowest BCUT2D eigenvalue weighted by Gasteiger charge is -2.07. The summed E-state index contributed by atoms with van der Waals surface area (Å²) in [7, 11) is 0. The summed E-state index contributed by atoms with van der Waals surface area (Å²) in [5.74, 6) is -0.315. The minimum Gasteiger partial charge on any atom is -0.336 e. The molecule has 1 aromatic carbocycles. The minimum absolute atomic E-state index is 0.315. The van der Waals surface area contributed by atoms with Crippen LogP contribution in [0.3, 0.4) is 0 Å². The van der Waals surface area contributed by atoms with E-state index in [1.54, 1.807) is 31.3 Å². The van der Waals surface area contributed by atoms with Crippen LogP contribution in [-0.4, -0.2) is 21.9 Å². The first-order chi connectivity index (χ1) is 8.22. The monoisotopic (exact) mass is 226 g/mol. The predicted molar refractivity (Wildman–Crippen MR) is 62.1 cm³/mol. The molecule has 84 valence electrons. The van der Waals surface area contributed by atoms with Crippen molar-refractivity contribution in [3.63, 3.8) is 0 Å². The van der Waals surface area contributed by atoms with Crippen LogP contribution in [0.5, 0.6) is 0 Å². The molecule has 0 saturated carbocycles. The summed E-state index contributed by atoms with van der Waals surface area (Å²) in [4.78, 5) is 20.1. The molecule has 2 aromatic rings. The highest BCUT2D eigenvalue weighted by Gasteiger charge is 2.13. The maximum atomic E-state index is 11.9. The largest absolute Gasteiger partial charge is 0.336 e. The Morgan fingerprint density at radius 2 is 2.18 bits per heavy atom. The molecule has 0 bridgehead atoms. The average Bonchev–Trinajstić information content (AvgIpc) is 2.37. The second kappa shape index (κ2) is 4.58. The van der Waals surface area contributed by atoms with Crippen molar-refractivity contribution in [3.05, 3.63) is 36.2 Å². The first kappa shape index (κ1) is 11.0. The van der Waals surface area contributed by atoms with Gasteiger partial charge in [-0.3, -0.25) is 14.8 Å². The van der Waals surface area contributed by atoms with Gasteiger partial charge in [-0.15, -0.1) is 0 Å². The molecule has 0 aliphatic carbocycles. The van der Waals surface area contributed by atoms with E-state index in [4.69, 9.17) is 5.26 Å². The van der Waals surface area contributed by atoms with Crippen molar-refractivity contribution in [1.82, 2.24) is 15.3 Å². The smallest absolute Gasteiger partial charge is 0.254 e. The normalized spacial score (nSPS) is 11.8. The van der Waals surface area contributed by atoms with E-state index in [0.29, 0.717) is 16.6 Å². The molecule has 0 aliphatic rings. The van der Waals surface area contributed by atoms with Crippen LogP contribution in [0.15, 0.2) is 30.6 Å². The van der Waals surface area contributed by atoms with Gasteiger partial charge in [-0.05, 0) is 19.1 Å². The van der Waals surface area contributed by atoms with E-state index < -0.39 is 6.04 Å². The van der Waals surface area contributed by atoms with Crippen molar-refractivity contribution in [2.75, 3.05) is 0 Å². The lowest BCUT2D eigenvalue weighted by molar-refractivity contribution is 0.0949. The molecule has 5 heteroatoms. The topological polar surface area (TPSA) is 78.7 Å². The van der Waals surface area contributed by atoms with Gasteiger partial charge in [-0.25, -0.2) is 0 Å². The van der Waals surface area contributed by atoms with Crippen molar-refractivity contribution >= 4 is 16.9 Å². The molecule has 2 rings (SSSR count). The molecule has 1 heterocycles. The van der Waals surface area contributed by atoms with Crippen LogP contribution in [0.2, 0.25) is 0 Å². The zero-order valence-electron chi connectivity index (χ0n) is 9.21. The summed E-state index contributed by atoms with van der Waals surface area (Å²) in [5.41, 5.74) is 1.63. The van der Waals surface area contributed by atoms with E-state index >= 15 is 0 Å². The van der Waals surface area contributed by atoms with E-state index in [0.717, 1.165) is 0 Å². The molecule has 1 aromatic heterocycles. The van der Waals surface area contributed by atoms with Crippen molar-refractivity contribution in [1.29, 1.82) is 5.26 Å². The molecule has 1 atom stereocenters. The second-order valence-corrected chi connectivity index (χ2v) is 3.55. The number of hydrogen-bond donors (Lipinski definition) is 1. The number of para-hydroxylation sites is 1. The third kappa shape index (κ3) is 2.21. The highest BCUT2D eigenvalue weighted by molar-refractivity contribution is 6.04. The summed E-state index contributed by atoms with van der Waals surface area (Å²) in [6.45, 7) is 1.62. The Morgan fingerprint density at radius 3 is 2.94 bits per heavy atom. The van der Waals surface area contributed by atoms with Crippen LogP contribution in [0, 0.1) is 11.3 Å². The summed E-state index contributed by atoms with van der Waals surface area (Å²) >= 11 is 0. The quantitative estimate of drug-likeness (QED) is 0.836. The molecular formula is C12H10N4O. The number of rotatable bonds is 2. The zero-order chi connectivity index (χ0) is 12.3. The van der Waals surface area contributed by atoms with Crippen molar-refractivity contribution in [2.45, 2.75) is 13.0 Å². The fourth-order valence-electron chi connectivity index (χ4n) is 1.48. The Morgan fingerprint density at radius 1 is 1.41 bits per heavy atom. The van der Waals surface area contributed by atoms with Crippen LogP contribution >= 0.6 is 0 Å². The Kier molecular flexibility index (Phi) is 2.97. The Bertz CT molecular complexity index is 597. The average molecular weight is 226 g/mol.